The second-order valence-corrected chi connectivity index (χ2v) is 7.26. The highest BCUT2D eigenvalue weighted by atomic mass is 16.6. The zero-order valence-corrected chi connectivity index (χ0v) is 18.1. The molecule has 0 saturated heterocycles. The average Bonchev–Trinajstić information content (AvgIpc) is 2.69. The van der Waals surface area contributed by atoms with Crippen molar-refractivity contribution in [2.45, 2.75) is 72.5 Å². The van der Waals surface area contributed by atoms with Crippen molar-refractivity contribution in [3.05, 3.63) is 39.9 Å². The molecule has 0 saturated carbocycles. The van der Waals surface area contributed by atoms with Gasteiger partial charge in [-0.2, -0.15) is 0 Å². The van der Waals surface area contributed by atoms with Crippen LogP contribution < -0.4 is 10.6 Å². The summed E-state index contributed by atoms with van der Waals surface area (Å²) in [6.45, 7) is 14.6. The number of nitrogens with zero attached hydrogens (tertiary/aromatic N) is 3. The van der Waals surface area contributed by atoms with Crippen molar-refractivity contribution in [2.24, 2.45) is 4.99 Å². The van der Waals surface area contributed by atoms with Gasteiger partial charge in [-0.15, -0.1) is 0 Å². The van der Waals surface area contributed by atoms with Crippen LogP contribution in [-0.4, -0.2) is 47.5 Å². The molecular formula is C21H37N5O2. The van der Waals surface area contributed by atoms with Crippen LogP contribution in [0.4, 0.5) is 5.69 Å². The van der Waals surface area contributed by atoms with Crippen LogP contribution in [0.15, 0.2) is 29.3 Å². The predicted octanol–water partition coefficient (Wildman–Crippen LogP) is 3.94. The summed E-state index contributed by atoms with van der Waals surface area (Å²) in [6, 6.07) is 7.21. The number of nitrogens with one attached hydrogen (secondary N) is 2. The molecule has 0 fully saturated rings. The Labute approximate surface area is 169 Å². The minimum atomic E-state index is -0.385. The molecule has 0 aromatic heterocycles. The van der Waals surface area contributed by atoms with Gasteiger partial charge in [0.2, 0.25) is 0 Å². The second-order valence-electron chi connectivity index (χ2n) is 7.26. The number of rotatable bonds is 12. The third-order valence-electron chi connectivity index (χ3n) is 4.95. The molecule has 7 nitrogen and oxygen atoms in total. The van der Waals surface area contributed by atoms with Gasteiger partial charge in [0, 0.05) is 24.2 Å². The number of aliphatic imine (C=N–C) groups is 1. The molecule has 0 aliphatic carbocycles. The molecule has 0 aliphatic heterocycles. The minimum Gasteiger partial charge on any atom is -0.354 e. The third-order valence-corrected chi connectivity index (χ3v) is 4.95. The summed E-state index contributed by atoms with van der Waals surface area (Å²) in [4.78, 5) is 17.5. The summed E-state index contributed by atoms with van der Waals surface area (Å²) in [5.41, 5.74) is 1.05. The molecule has 2 unspecified atom stereocenters. The Bertz CT molecular complexity index is 599. The standard InChI is InChI=1S/C21H37N5O2/c1-6-17(4)23-21(24-18(5)10-9-15-25(7-2)8-3)22-16-19-11-13-20(14-12-19)26(27)28/h11-14,17-18H,6-10,15-16H2,1-5H3,(H2,22,23,24). The van der Waals surface area contributed by atoms with Crippen molar-refractivity contribution in [3.8, 4) is 0 Å². The molecule has 158 valence electrons. The SMILES string of the molecule is CCC(C)NC(=NCc1ccc([N+](=O)[O-])cc1)NC(C)CCCN(CC)CC. The number of hydrogen-bond acceptors (Lipinski definition) is 4. The molecule has 0 bridgehead atoms. The fourth-order valence-corrected chi connectivity index (χ4v) is 2.83. The summed E-state index contributed by atoms with van der Waals surface area (Å²) >= 11 is 0. The number of nitro benzene ring substituents is 1. The molecule has 28 heavy (non-hydrogen) atoms. The van der Waals surface area contributed by atoms with E-state index in [4.69, 9.17) is 0 Å². The van der Waals surface area contributed by atoms with Crippen molar-refractivity contribution in [1.29, 1.82) is 0 Å². The first-order valence-corrected chi connectivity index (χ1v) is 10.4. The smallest absolute Gasteiger partial charge is 0.269 e. The largest absolute Gasteiger partial charge is 0.354 e. The van der Waals surface area contributed by atoms with Crippen LogP contribution in [0.1, 0.15) is 59.4 Å². The number of hydrogen-bond donors (Lipinski definition) is 2. The third kappa shape index (κ3) is 9.17. The highest BCUT2D eigenvalue weighted by Crippen LogP contribution is 2.12. The van der Waals surface area contributed by atoms with Gasteiger partial charge in [0.15, 0.2) is 5.96 Å². The Morgan fingerprint density at radius 3 is 2.25 bits per heavy atom. The lowest BCUT2D eigenvalue weighted by atomic mass is 10.1. The van der Waals surface area contributed by atoms with Gasteiger partial charge < -0.3 is 15.5 Å². The lowest BCUT2D eigenvalue weighted by Gasteiger charge is -2.23. The summed E-state index contributed by atoms with van der Waals surface area (Å²) < 4.78 is 0. The van der Waals surface area contributed by atoms with E-state index >= 15 is 0 Å². The van der Waals surface area contributed by atoms with E-state index < -0.39 is 0 Å². The van der Waals surface area contributed by atoms with Gasteiger partial charge in [-0.05, 0) is 58.3 Å². The van der Waals surface area contributed by atoms with Crippen LogP contribution in [0.5, 0.6) is 0 Å². The maximum Gasteiger partial charge on any atom is 0.269 e. The topological polar surface area (TPSA) is 82.8 Å². The van der Waals surface area contributed by atoms with Gasteiger partial charge in [-0.25, -0.2) is 4.99 Å². The molecular weight excluding hydrogens is 354 g/mol. The molecule has 1 aromatic carbocycles. The Balaban J connectivity index is 2.65. The van der Waals surface area contributed by atoms with Gasteiger partial charge >= 0.3 is 0 Å². The fourth-order valence-electron chi connectivity index (χ4n) is 2.83. The monoisotopic (exact) mass is 391 g/mol. The van der Waals surface area contributed by atoms with E-state index in [-0.39, 0.29) is 10.6 Å². The second kappa shape index (κ2) is 13.1. The van der Waals surface area contributed by atoms with Crippen LogP contribution in [0, 0.1) is 10.1 Å². The van der Waals surface area contributed by atoms with Crippen molar-refractivity contribution >= 4 is 11.6 Å². The molecule has 1 rings (SSSR count). The van der Waals surface area contributed by atoms with Crippen molar-refractivity contribution in [3.63, 3.8) is 0 Å². The van der Waals surface area contributed by atoms with Crippen LogP contribution in [0.2, 0.25) is 0 Å². The summed E-state index contributed by atoms with van der Waals surface area (Å²) in [5, 5.41) is 17.7. The van der Waals surface area contributed by atoms with Crippen molar-refractivity contribution < 1.29 is 4.92 Å². The van der Waals surface area contributed by atoms with Gasteiger partial charge in [-0.1, -0.05) is 32.9 Å². The Morgan fingerprint density at radius 2 is 1.71 bits per heavy atom. The summed E-state index contributed by atoms with van der Waals surface area (Å²) in [6.07, 6.45) is 3.23. The molecule has 0 spiro atoms. The van der Waals surface area contributed by atoms with E-state index in [1.807, 2.05) is 0 Å². The molecule has 0 radical (unpaired) electrons. The fraction of sp³-hybridized carbons (Fsp3) is 0.667. The molecule has 2 N–H and O–H groups in total. The zero-order chi connectivity index (χ0) is 20.9. The van der Waals surface area contributed by atoms with Crippen molar-refractivity contribution in [2.75, 3.05) is 19.6 Å². The van der Waals surface area contributed by atoms with Crippen LogP contribution in [-0.2, 0) is 6.54 Å². The van der Waals surface area contributed by atoms with Crippen molar-refractivity contribution in [1.82, 2.24) is 15.5 Å². The molecule has 0 amide bonds. The predicted molar refractivity (Wildman–Crippen MR) is 117 cm³/mol. The number of benzene rings is 1. The first kappa shape index (κ1) is 23.9. The quantitative estimate of drug-likeness (QED) is 0.244. The minimum absolute atomic E-state index is 0.102. The van der Waals surface area contributed by atoms with E-state index in [9.17, 15) is 10.1 Å². The summed E-state index contributed by atoms with van der Waals surface area (Å²) in [7, 11) is 0. The maximum absolute atomic E-state index is 10.8. The Hall–Kier alpha value is -2.15. The zero-order valence-electron chi connectivity index (χ0n) is 18.1. The Kier molecular flexibility index (Phi) is 11.2. The average molecular weight is 392 g/mol. The van der Waals surface area contributed by atoms with E-state index in [0.29, 0.717) is 18.6 Å². The molecule has 2 atom stereocenters. The van der Waals surface area contributed by atoms with Gasteiger partial charge in [0.05, 0.1) is 11.5 Å². The first-order chi connectivity index (χ1) is 13.4. The first-order valence-electron chi connectivity index (χ1n) is 10.4. The van der Waals surface area contributed by atoms with E-state index in [0.717, 1.165) is 50.4 Å². The normalized spacial score (nSPS) is 14.0. The van der Waals surface area contributed by atoms with Gasteiger partial charge in [-0.3, -0.25) is 10.1 Å². The van der Waals surface area contributed by atoms with Gasteiger partial charge in [0.25, 0.3) is 5.69 Å². The number of nitro groups is 1. The maximum atomic E-state index is 10.8. The van der Waals surface area contributed by atoms with E-state index in [1.165, 1.54) is 12.1 Å². The molecule has 0 heterocycles. The Morgan fingerprint density at radius 1 is 1.11 bits per heavy atom. The highest BCUT2D eigenvalue weighted by molar-refractivity contribution is 5.80. The lowest BCUT2D eigenvalue weighted by molar-refractivity contribution is -0.384. The van der Waals surface area contributed by atoms with Crippen LogP contribution in [0.3, 0.4) is 0 Å². The van der Waals surface area contributed by atoms with Crippen LogP contribution in [0.25, 0.3) is 0 Å². The highest BCUT2D eigenvalue weighted by Gasteiger charge is 2.10. The molecule has 0 aliphatic rings. The number of guanidine groups is 1. The molecule has 7 heteroatoms. The van der Waals surface area contributed by atoms with Crippen LogP contribution >= 0.6 is 0 Å². The summed E-state index contributed by atoms with van der Waals surface area (Å²) in [5.74, 6) is 0.794. The van der Waals surface area contributed by atoms with Gasteiger partial charge in [0.1, 0.15) is 0 Å². The molecule has 1 aromatic rings. The van der Waals surface area contributed by atoms with E-state index in [1.54, 1.807) is 12.1 Å². The lowest BCUT2D eigenvalue weighted by Crippen LogP contribution is -2.45. The van der Waals surface area contributed by atoms with E-state index in [2.05, 4.69) is 55.1 Å². The number of non-ortho nitro benzene ring substituents is 1.